The second kappa shape index (κ2) is 13.1. The van der Waals surface area contributed by atoms with Crippen LogP contribution in [0.5, 0.6) is 0 Å². The molecule has 9 aromatic carbocycles. The van der Waals surface area contributed by atoms with Gasteiger partial charge in [0.05, 0.1) is 11.1 Å². The molecule has 0 fully saturated rings. The SMILES string of the molecule is c1ccc(-c2cccc3c2oc2ccc(-c4ccc(N(c5ccc(-c6ccc7c(c6)sc6ccccc67)cc5)c5cccc6oc7ccccc7c56)cc4)cc23)cc1. The molecule has 0 saturated heterocycles. The summed E-state index contributed by atoms with van der Waals surface area (Å²) in [5.74, 6) is 0. The van der Waals surface area contributed by atoms with Gasteiger partial charge in [-0.25, -0.2) is 0 Å². The first-order valence-electron chi connectivity index (χ1n) is 19.6. The van der Waals surface area contributed by atoms with Gasteiger partial charge in [-0.3, -0.25) is 0 Å². The van der Waals surface area contributed by atoms with Crippen molar-refractivity contribution in [3.05, 3.63) is 200 Å². The Hall–Kier alpha value is -7.40. The van der Waals surface area contributed by atoms with Gasteiger partial charge in [0.15, 0.2) is 0 Å². The number of furan rings is 2. The zero-order valence-electron chi connectivity index (χ0n) is 31.2. The van der Waals surface area contributed by atoms with Crippen LogP contribution in [0.15, 0.2) is 209 Å². The first-order chi connectivity index (χ1) is 28.7. The molecule has 0 aliphatic rings. The Labute approximate surface area is 338 Å². The van der Waals surface area contributed by atoms with Gasteiger partial charge in [0.1, 0.15) is 22.3 Å². The molecule has 12 aromatic rings. The highest BCUT2D eigenvalue weighted by atomic mass is 32.1. The number of para-hydroxylation sites is 2. The van der Waals surface area contributed by atoms with E-state index in [-0.39, 0.29) is 0 Å². The van der Waals surface area contributed by atoms with Crippen molar-refractivity contribution in [2.24, 2.45) is 0 Å². The van der Waals surface area contributed by atoms with Crippen LogP contribution in [0.4, 0.5) is 17.1 Å². The maximum Gasteiger partial charge on any atom is 0.143 e. The Morgan fingerprint density at radius 3 is 1.76 bits per heavy atom. The van der Waals surface area contributed by atoms with Gasteiger partial charge in [0.25, 0.3) is 0 Å². The lowest BCUT2D eigenvalue weighted by molar-refractivity contribution is 0.669. The zero-order chi connectivity index (χ0) is 38.2. The van der Waals surface area contributed by atoms with Gasteiger partial charge in [0.2, 0.25) is 0 Å². The summed E-state index contributed by atoms with van der Waals surface area (Å²) in [5, 5.41) is 7.05. The van der Waals surface area contributed by atoms with Crippen LogP contribution in [0.3, 0.4) is 0 Å². The molecule has 0 bridgehead atoms. The quantitative estimate of drug-likeness (QED) is 0.169. The number of rotatable bonds is 6. The monoisotopic (exact) mass is 759 g/mol. The fourth-order valence-electron chi connectivity index (χ4n) is 8.70. The van der Waals surface area contributed by atoms with Crippen LogP contribution in [-0.4, -0.2) is 0 Å². The predicted octanol–water partition coefficient (Wildman–Crippen LogP) is 16.3. The standard InChI is InChI=1S/C54H33NO2S/c1-2-10-36(11-3-1)41-14-8-15-44-46-32-37(25-31-49(46)57-54(41)44)34-20-26-39(27-21-34)55(47-16-9-18-50-53(47)45-13-4-6-17-48(45)56-50)40-28-22-35(23-29-40)38-24-30-43-42-12-5-7-19-51(42)58-52(43)33-38/h1-33H. The van der Waals surface area contributed by atoms with Crippen molar-refractivity contribution < 1.29 is 8.83 Å². The van der Waals surface area contributed by atoms with E-state index >= 15 is 0 Å². The lowest BCUT2D eigenvalue weighted by atomic mass is 9.99. The van der Waals surface area contributed by atoms with E-state index in [9.17, 15) is 0 Å². The van der Waals surface area contributed by atoms with Crippen molar-refractivity contribution in [1.29, 1.82) is 0 Å². The molecule has 272 valence electrons. The van der Waals surface area contributed by atoms with Crippen molar-refractivity contribution >= 4 is 92.4 Å². The van der Waals surface area contributed by atoms with E-state index in [0.717, 1.165) is 83.2 Å². The Balaban J connectivity index is 0.954. The Morgan fingerprint density at radius 2 is 0.948 bits per heavy atom. The van der Waals surface area contributed by atoms with Crippen molar-refractivity contribution in [3.63, 3.8) is 0 Å². The Bertz CT molecular complexity index is 3500. The van der Waals surface area contributed by atoms with E-state index < -0.39 is 0 Å². The summed E-state index contributed by atoms with van der Waals surface area (Å²) in [7, 11) is 0. The fraction of sp³-hybridized carbons (Fsp3) is 0. The summed E-state index contributed by atoms with van der Waals surface area (Å²) < 4.78 is 15.5. The summed E-state index contributed by atoms with van der Waals surface area (Å²) in [5.41, 5.74) is 13.7. The van der Waals surface area contributed by atoms with Gasteiger partial charge in [-0.15, -0.1) is 11.3 Å². The van der Waals surface area contributed by atoms with Gasteiger partial charge in [-0.2, -0.15) is 0 Å². The Kier molecular flexibility index (Phi) is 7.40. The number of benzene rings is 9. The molecule has 0 N–H and O–H groups in total. The fourth-order valence-corrected chi connectivity index (χ4v) is 9.85. The largest absolute Gasteiger partial charge is 0.456 e. The molecule has 0 saturated carbocycles. The minimum Gasteiger partial charge on any atom is -0.456 e. The van der Waals surface area contributed by atoms with Gasteiger partial charge < -0.3 is 13.7 Å². The molecule has 0 amide bonds. The van der Waals surface area contributed by atoms with Crippen LogP contribution in [0, 0.1) is 0 Å². The van der Waals surface area contributed by atoms with Crippen molar-refractivity contribution in [2.45, 2.75) is 0 Å². The van der Waals surface area contributed by atoms with E-state index in [2.05, 4.69) is 187 Å². The average Bonchev–Trinajstić information content (AvgIpc) is 3.98. The number of fused-ring (bicyclic) bond motifs is 9. The minimum atomic E-state index is 0.865. The second-order valence-electron chi connectivity index (χ2n) is 14.8. The number of hydrogen-bond acceptors (Lipinski definition) is 4. The predicted molar refractivity (Wildman–Crippen MR) is 245 cm³/mol. The maximum atomic E-state index is 6.49. The molecule has 0 aliphatic heterocycles. The van der Waals surface area contributed by atoms with E-state index in [1.54, 1.807) is 0 Å². The van der Waals surface area contributed by atoms with E-state index in [0.29, 0.717) is 0 Å². The Morgan fingerprint density at radius 1 is 0.345 bits per heavy atom. The molecule has 3 nitrogen and oxygen atoms in total. The lowest BCUT2D eigenvalue weighted by Gasteiger charge is -2.26. The molecular weight excluding hydrogens is 727 g/mol. The summed E-state index contributed by atoms with van der Waals surface area (Å²) in [4.78, 5) is 2.35. The molecule has 3 heterocycles. The molecular formula is C54H33NO2S. The first kappa shape index (κ1) is 32.8. The number of nitrogens with zero attached hydrogens (tertiary/aromatic N) is 1. The molecule has 12 rings (SSSR count). The molecule has 3 aromatic heterocycles. The third-order valence-electron chi connectivity index (χ3n) is 11.5. The molecule has 58 heavy (non-hydrogen) atoms. The molecule has 4 heteroatoms. The second-order valence-corrected chi connectivity index (χ2v) is 15.9. The van der Waals surface area contributed by atoms with Crippen molar-refractivity contribution in [2.75, 3.05) is 4.90 Å². The van der Waals surface area contributed by atoms with E-state index in [1.165, 1.54) is 31.3 Å². The first-order valence-corrected chi connectivity index (χ1v) is 20.4. The van der Waals surface area contributed by atoms with Gasteiger partial charge >= 0.3 is 0 Å². The van der Waals surface area contributed by atoms with Crippen LogP contribution in [0.1, 0.15) is 0 Å². The normalized spacial score (nSPS) is 11.8. The lowest BCUT2D eigenvalue weighted by Crippen LogP contribution is -2.10. The van der Waals surface area contributed by atoms with Crippen LogP contribution in [0.25, 0.3) is 97.4 Å². The highest BCUT2D eigenvalue weighted by molar-refractivity contribution is 7.25. The van der Waals surface area contributed by atoms with E-state index in [4.69, 9.17) is 8.83 Å². The van der Waals surface area contributed by atoms with Crippen LogP contribution in [-0.2, 0) is 0 Å². The topological polar surface area (TPSA) is 29.5 Å². The van der Waals surface area contributed by atoms with E-state index in [1.807, 2.05) is 29.5 Å². The third-order valence-corrected chi connectivity index (χ3v) is 12.6. The average molecular weight is 760 g/mol. The molecule has 0 radical (unpaired) electrons. The van der Waals surface area contributed by atoms with Gasteiger partial charge in [-0.05, 0) is 94.5 Å². The maximum absolute atomic E-state index is 6.49. The highest BCUT2D eigenvalue weighted by Crippen LogP contribution is 2.45. The van der Waals surface area contributed by atoms with Gasteiger partial charge in [0, 0.05) is 53.3 Å². The van der Waals surface area contributed by atoms with Gasteiger partial charge in [-0.1, -0.05) is 133 Å². The molecule has 0 unspecified atom stereocenters. The van der Waals surface area contributed by atoms with Crippen LogP contribution < -0.4 is 4.90 Å². The number of thiophene rings is 1. The molecule has 0 spiro atoms. The van der Waals surface area contributed by atoms with Crippen molar-refractivity contribution in [3.8, 4) is 33.4 Å². The summed E-state index contributed by atoms with van der Waals surface area (Å²) in [6, 6.07) is 71.4. The summed E-state index contributed by atoms with van der Waals surface area (Å²) in [6.07, 6.45) is 0. The van der Waals surface area contributed by atoms with Crippen molar-refractivity contribution in [1.82, 2.24) is 0 Å². The highest BCUT2D eigenvalue weighted by Gasteiger charge is 2.20. The third kappa shape index (κ3) is 5.27. The summed E-state index contributed by atoms with van der Waals surface area (Å²) >= 11 is 1.85. The minimum absolute atomic E-state index is 0.865. The number of hydrogen-bond donors (Lipinski definition) is 0. The zero-order valence-corrected chi connectivity index (χ0v) is 32.0. The number of anilines is 3. The molecule has 0 atom stereocenters. The smallest absolute Gasteiger partial charge is 0.143 e. The summed E-state index contributed by atoms with van der Waals surface area (Å²) in [6.45, 7) is 0. The molecule has 0 aliphatic carbocycles. The van der Waals surface area contributed by atoms with Crippen LogP contribution in [0.2, 0.25) is 0 Å². The van der Waals surface area contributed by atoms with Crippen LogP contribution >= 0.6 is 11.3 Å².